The fourth-order valence-corrected chi connectivity index (χ4v) is 6.87. The Labute approximate surface area is 180 Å². The van der Waals surface area contributed by atoms with E-state index in [0.717, 1.165) is 69.2 Å². The van der Waals surface area contributed by atoms with E-state index in [9.17, 15) is 13.2 Å². The second kappa shape index (κ2) is 8.86. The van der Waals surface area contributed by atoms with Crippen LogP contribution in [0.1, 0.15) is 49.5 Å². The summed E-state index contributed by atoms with van der Waals surface area (Å²) in [6.07, 6.45) is 5.38. The number of likely N-dealkylation sites (tertiary alicyclic amines) is 1. The molecule has 3 aliphatic heterocycles. The van der Waals surface area contributed by atoms with Gasteiger partial charge >= 0.3 is 0 Å². The molecule has 1 aromatic rings. The highest BCUT2D eigenvalue weighted by Crippen LogP contribution is 2.31. The lowest BCUT2D eigenvalue weighted by atomic mass is 10.2. The third-order valence-electron chi connectivity index (χ3n) is 6.85. The summed E-state index contributed by atoms with van der Waals surface area (Å²) in [5.41, 5.74) is 3.16. The fourth-order valence-electron chi connectivity index (χ4n) is 5.18. The molecule has 8 nitrogen and oxygen atoms in total. The van der Waals surface area contributed by atoms with E-state index < -0.39 is 9.84 Å². The quantitative estimate of drug-likeness (QED) is 0.708. The lowest BCUT2D eigenvalue weighted by Crippen LogP contribution is -2.50. The molecule has 1 aromatic heterocycles. The Hall–Kier alpha value is -1.61. The van der Waals surface area contributed by atoms with Gasteiger partial charge in [-0.05, 0) is 33.1 Å². The Morgan fingerprint density at radius 1 is 1.00 bits per heavy atom. The zero-order valence-electron chi connectivity index (χ0n) is 18.3. The summed E-state index contributed by atoms with van der Waals surface area (Å²) in [7, 11) is -2.94. The topological polar surface area (TPSA) is 78.8 Å². The first-order valence-corrected chi connectivity index (χ1v) is 13.2. The Morgan fingerprint density at radius 2 is 1.67 bits per heavy atom. The van der Waals surface area contributed by atoms with E-state index in [-0.39, 0.29) is 23.5 Å². The minimum absolute atomic E-state index is 0.0463. The second-order valence-corrected chi connectivity index (χ2v) is 11.3. The predicted molar refractivity (Wildman–Crippen MR) is 118 cm³/mol. The molecule has 3 fully saturated rings. The minimum atomic E-state index is -2.94. The van der Waals surface area contributed by atoms with Gasteiger partial charge in [-0.2, -0.15) is 5.10 Å². The maximum atomic E-state index is 12.7. The fraction of sp³-hybridized carbons (Fsp3) is 0.810. The highest BCUT2D eigenvalue weighted by Gasteiger charge is 2.33. The van der Waals surface area contributed by atoms with Gasteiger partial charge in [0.15, 0.2) is 9.84 Å². The molecule has 3 saturated heterocycles. The van der Waals surface area contributed by atoms with Crippen molar-refractivity contribution in [2.24, 2.45) is 0 Å². The van der Waals surface area contributed by atoms with Crippen molar-refractivity contribution in [3.05, 3.63) is 11.4 Å². The van der Waals surface area contributed by atoms with Crippen molar-refractivity contribution in [3.63, 3.8) is 0 Å². The number of hydrogen-bond donors (Lipinski definition) is 0. The summed E-state index contributed by atoms with van der Waals surface area (Å²) in [6.45, 7) is 9.86. The minimum Gasteiger partial charge on any atom is -0.366 e. The number of aromatic nitrogens is 2. The predicted octanol–water partition coefficient (Wildman–Crippen LogP) is 1.38. The van der Waals surface area contributed by atoms with Crippen LogP contribution < -0.4 is 4.90 Å². The number of carbonyl (C=O) groups is 1. The Morgan fingerprint density at radius 3 is 2.27 bits per heavy atom. The van der Waals surface area contributed by atoms with Gasteiger partial charge in [0.1, 0.15) is 0 Å². The lowest BCUT2D eigenvalue weighted by molar-refractivity contribution is -0.132. The smallest absolute Gasteiger partial charge is 0.236 e. The summed E-state index contributed by atoms with van der Waals surface area (Å²) in [5.74, 6) is 0.725. The van der Waals surface area contributed by atoms with Crippen LogP contribution in [0, 0.1) is 13.8 Å². The van der Waals surface area contributed by atoms with Crippen LogP contribution in [0.25, 0.3) is 0 Å². The van der Waals surface area contributed by atoms with Gasteiger partial charge in [-0.25, -0.2) is 8.42 Å². The van der Waals surface area contributed by atoms with Crippen LogP contribution in [0.3, 0.4) is 0 Å². The molecule has 4 heterocycles. The van der Waals surface area contributed by atoms with Crippen molar-refractivity contribution in [1.82, 2.24) is 19.6 Å². The molecule has 1 atom stereocenters. The highest BCUT2D eigenvalue weighted by molar-refractivity contribution is 7.91. The van der Waals surface area contributed by atoms with E-state index in [0.29, 0.717) is 13.0 Å². The maximum absolute atomic E-state index is 12.7. The molecule has 0 aliphatic carbocycles. The van der Waals surface area contributed by atoms with Gasteiger partial charge in [0.2, 0.25) is 5.91 Å². The van der Waals surface area contributed by atoms with Gasteiger partial charge in [-0.15, -0.1) is 0 Å². The van der Waals surface area contributed by atoms with Crippen LogP contribution in [0.5, 0.6) is 0 Å². The van der Waals surface area contributed by atoms with E-state index in [1.165, 1.54) is 12.8 Å². The molecule has 9 heteroatoms. The number of nitrogens with zero attached hydrogens (tertiary/aromatic N) is 5. The van der Waals surface area contributed by atoms with Crippen LogP contribution in [0.4, 0.5) is 5.69 Å². The molecule has 168 valence electrons. The average molecular weight is 438 g/mol. The van der Waals surface area contributed by atoms with E-state index >= 15 is 0 Å². The van der Waals surface area contributed by atoms with Gasteiger partial charge < -0.3 is 9.80 Å². The van der Waals surface area contributed by atoms with Gasteiger partial charge in [0.05, 0.1) is 41.2 Å². The van der Waals surface area contributed by atoms with E-state index in [4.69, 9.17) is 5.10 Å². The SMILES string of the molecule is Cc1nn(C2CCS(=O)(=O)C2)c(C)c1N1CCN(CC(=O)N2CCCCCC2)CC1. The summed E-state index contributed by atoms with van der Waals surface area (Å²) in [5, 5.41) is 4.71. The second-order valence-electron chi connectivity index (χ2n) is 9.08. The Balaban J connectivity index is 1.35. The third kappa shape index (κ3) is 4.66. The maximum Gasteiger partial charge on any atom is 0.236 e. The zero-order valence-corrected chi connectivity index (χ0v) is 19.2. The highest BCUT2D eigenvalue weighted by atomic mass is 32.2. The number of amides is 1. The van der Waals surface area contributed by atoms with Gasteiger partial charge in [0.25, 0.3) is 0 Å². The van der Waals surface area contributed by atoms with Crippen LogP contribution in [-0.4, -0.2) is 91.2 Å². The first kappa shape index (κ1) is 21.6. The average Bonchev–Trinajstić information content (AvgIpc) is 3.07. The van der Waals surface area contributed by atoms with Crippen molar-refractivity contribution in [2.75, 3.05) is 62.2 Å². The third-order valence-corrected chi connectivity index (χ3v) is 8.60. The lowest BCUT2D eigenvalue weighted by Gasteiger charge is -2.36. The van der Waals surface area contributed by atoms with Crippen molar-refractivity contribution in [3.8, 4) is 0 Å². The molecule has 1 amide bonds. The molecule has 0 aromatic carbocycles. The van der Waals surface area contributed by atoms with Gasteiger partial charge in [-0.3, -0.25) is 14.4 Å². The molecule has 4 rings (SSSR count). The number of sulfone groups is 1. The number of rotatable bonds is 4. The van der Waals surface area contributed by atoms with Crippen LogP contribution in [0.2, 0.25) is 0 Å². The van der Waals surface area contributed by atoms with Gasteiger partial charge in [-0.1, -0.05) is 12.8 Å². The first-order valence-electron chi connectivity index (χ1n) is 11.4. The molecule has 0 spiro atoms. The molecule has 3 aliphatic rings. The van der Waals surface area contributed by atoms with Crippen molar-refractivity contribution in [2.45, 2.75) is 52.0 Å². The number of piperazine rings is 1. The molecule has 1 unspecified atom stereocenters. The largest absolute Gasteiger partial charge is 0.366 e. The summed E-state index contributed by atoms with van der Waals surface area (Å²) < 4.78 is 25.7. The van der Waals surface area contributed by atoms with E-state index in [1.807, 2.05) is 16.5 Å². The Kier molecular flexibility index (Phi) is 6.39. The molecule has 0 N–H and O–H groups in total. The summed E-state index contributed by atoms with van der Waals surface area (Å²) in [4.78, 5) is 19.4. The van der Waals surface area contributed by atoms with Crippen molar-refractivity contribution in [1.29, 1.82) is 0 Å². The number of aryl methyl sites for hydroxylation is 1. The molecule has 0 bridgehead atoms. The standard InChI is InChI=1S/C21H35N5O3S/c1-17-21(18(2)26(22-17)19-7-14-30(28,29)16-19)25-12-10-23(11-13-25)15-20(27)24-8-5-3-4-6-9-24/h19H,3-16H2,1-2H3. The van der Waals surface area contributed by atoms with Crippen LogP contribution in [-0.2, 0) is 14.6 Å². The monoisotopic (exact) mass is 437 g/mol. The number of carbonyl (C=O) groups excluding carboxylic acids is 1. The Bertz CT molecular complexity index is 865. The van der Waals surface area contributed by atoms with E-state index in [1.54, 1.807) is 0 Å². The number of anilines is 1. The summed E-state index contributed by atoms with van der Waals surface area (Å²) in [6, 6.07) is -0.0463. The molecular formula is C21H35N5O3S. The first-order chi connectivity index (χ1) is 14.3. The van der Waals surface area contributed by atoms with Crippen LogP contribution in [0.15, 0.2) is 0 Å². The van der Waals surface area contributed by atoms with Crippen molar-refractivity contribution >= 4 is 21.4 Å². The van der Waals surface area contributed by atoms with Gasteiger partial charge in [0, 0.05) is 39.3 Å². The molecule has 0 saturated carbocycles. The normalized spacial score (nSPS) is 25.5. The number of hydrogen-bond acceptors (Lipinski definition) is 6. The molecule has 0 radical (unpaired) electrons. The molecule has 30 heavy (non-hydrogen) atoms. The van der Waals surface area contributed by atoms with Crippen molar-refractivity contribution < 1.29 is 13.2 Å². The van der Waals surface area contributed by atoms with Crippen LogP contribution >= 0.6 is 0 Å². The van der Waals surface area contributed by atoms with E-state index in [2.05, 4.69) is 16.7 Å². The molecular weight excluding hydrogens is 402 g/mol. The zero-order chi connectivity index (χ0) is 21.3. The summed E-state index contributed by atoms with van der Waals surface area (Å²) >= 11 is 0.